The van der Waals surface area contributed by atoms with Crippen LogP contribution in [0.25, 0.3) is 22.3 Å². The summed E-state index contributed by atoms with van der Waals surface area (Å²) < 4.78 is 57.3. The predicted octanol–water partition coefficient (Wildman–Crippen LogP) is -1.34. The van der Waals surface area contributed by atoms with Gasteiger partial charge in [0.15, 0.2) is 35.0 Å². The lowest BCUT2D eigenvalue weighted by Crippen LogP contribution is -2.49. The quantitative estimate of drug-likeness (QED) is 0.133. The largest absolute Gasteiger partial charge is 0.697 e. The van der Waals surface area contributed by atoms with Gasteiger partial charge < -0.3 is 35.9 Å². The highest BCUT2D eigenvalue weighted by atomic mass is 31.2. The van der Waals surface area contributed by atoms with Gasteiger partial charge in [-0.15, -0.1) is 14.1 Å². The lowest BCUT2D eigenvalue weighted by atomic mass is 9.60. The van der Waals surface area contributed by atoms with E-state index >= 15 is 0 Å². The normalized spacial score (nSPS) is 38.9. The van der Waals surface area contributed by atoms with Crippen LogP contribution in [0.15, 0.2) is 17.4 Å². The number of aliphatic hydroxyl groups excluding tert-OH is 2. The van der Waals surface area contributed by atoms with Crippen LogP contribution in [0.4, 0.5) is 11.8 Å². The van der Waals surface area contributed by atoms with E-state index < -0.39 is 89.0 Å². The molecule has 22 nitrogen and oxygen atoms in total. The lowest BCUT2D eigenvalue weighted by molar-refractivity contribution is -0.0976. The van der Waals surface area contributed by atoms with Crippen molar-refractivity contribution in [1.82, 2.24) is 44.5 Å². The zero-order valence-electron chi connectivity index (χ0n) is 23.3. The number of nitrogens with two attached hydrogens (primary N) is 2. The number of aliphatic hydroxyl groups is 2. The Bertz CT molecular complexity index is 1990. The van der Waals surface area contributed by atoms with E-state index in [9.17, 15) is 29.0 Å². The highest BCUT2D eigenvalue weighted by Gasteiger charge is 2.69. The molecule has 11 atom stereocenters. The molecule has 2 aliphatic carbocycles. The molecule has 0 amide bonds. The highest BCUT2D eigenvalue weighted by molar-refractivity contribution is 7.47. The van der Waals surface area contributed by atoms with Crippen LogP contribution < -0.4 is 17.0 Å². The van der Waals surface area contributed by atoms with E-state index in [-0.39, 0.29) is 22.9 Å². The number of phosphoric ester groups is 1. The van der Waals surface area contributed by atoms with E-state index in [4.69, 9.17) is 34.3 Å². The molecule has 4 aromatic rings. The van der Waals surface area contributed by atoms with Gasteiger partial charge in [-0.25, -0.2) is 19.5 Å². The van der Waals surface area contributed by atoms with Crippen molar-refractivity contribution < 1.29 is 47.1 Å². The summed E-state index contributed by atoms with van der Waals surface area (Å²) >= 11 is 0. The fourth-order valence-electron chi connectivity index (χ4n) is 7.02. The molecule has 0 radical (unpaired) electrons. The SMILES string of the molecule is Nc1nc2c(nnn2[C@@H]2O[C@@H]3CO[P+](=O)O[C@H]4[C@@H](O)[C@H](n5cnc6c(N)ncnc65)[C@H]5CC[C@]54COP(=O)(O)O[C@@H]2[C@@H]3O)c(=O)[nH]1. The molecule has 4 fully saturated rings. The number of fused-ring (bicyclic) bond motifs is 4. The Labute approximate surface area is 256 Å². The van der Waals surface area contributed by atoms with Crippen LogP contribution in [0, 0.1) is 11.3 Å². The van der Waals surface area contributed by atoms with Crippen molar-refractivity contribution in [1.29, 1.82) is 0 Å². The molecule has 4 aliphatic rings. The number of phosphoric acid groups is 1. The van der Waals surface area contributed by atoms with Crippen molar-refractivity contribution in [3.8, 4) is 0 Å². The van der Waals surface area contributed by atoms with Crippen LogP contribution >= 0.6 is 16.1 Å². The smallest absolute Gasteiger partial charge is 0.388 e. The van der Waals surface area contributed by atoms with Crippen LogP contribution in [-0.2, 0) is 32.0 Å². The zero-order valence-corrected chi connectivity index (χ0v) is 25.1. The number of aromatic nitrogens is 9. The highest BCUT2D eigenvalue weighted by Crippen LogP contribution is 2.66. The molecule has 1 spiro atoms. The number of anilines is 2. The molecule has 24 heteroatoms. The number of ether oxygens (including phenoxy) is 1. The number of hydrogen-bond donors (Lipinski definition) is 6. The van der Waals surface area contributed by atoms with Crippen molar-refractivity contribution in [3.63, 3.8) is 0 Å². The molecule has 2 bridgehead atoms. The Morgan fingerprint density at radius 3 is 2.76 bits per heavy atom. The van der Waals surface area contributed by atoms with Crippen molar-refractivity contribution >= 4 is 50.2 Å². The Balaban J connectivity index is 1.14. The predicted molar refractivity (Wildman–Crippen MR) is 149 cm³/mol. The minimum absolute atomic E-state index is 0.138. The van der Waals surface area contributed by atoms with Crippen molar-refractivity contribution in [2.45, 2.75) is 55.6 Å². The van der Waals surface area contributed by atoms with Gasteiger partial charge in [-0.3, -0.25) is 18.8 Å². The fraction of sp³-hybridized carbons (Fsp3) is 0.591. The topological polar surface area (TPSA) is 313 Å². The first-order chi connectivity index (χ1) is 22.0. The van der Waals surface area contributed by atoms with Gasteiger partial charge in [0, 0.05) is 9.98 Å². The molecule has 2 saturated heterocycles. The molecule has 8 N–H and O–H groups in total. The van der Waals surface area contributed by atoms with E-state index in [0.717, 1.165) is 4.68 Å². The van der Waals surface area contributed by atoms with Gasteiger partial charge in [-0.1, -0.05) is 5.21 Å². The monoisotopic (exact) mass is 682 g/mol. The van der Waals surface area contributed by atoms with E-state index in [1.807, 2.05) is 0 Å². The number of rotatable bonds is 2. The molecule has 6 heterocycles. The maximum atomic E-state index is 13.5. The summed E-state index contributed by atoms with van der Waals surface area (Å²) in [6, 6.07) is -0.730. The fourth-order valence-corrected chi connectivity index (χ4v) is 8.87. The molecule has 2 aliphatic heterocycles. The summed E-state index contributed by atoms with van der Waals surface area (Å²) in [6.45, 7) is -1.02. The van der Waals surface area contributed by atoms with Crippen molar-refractivity contribution in [2.75, 3.05) is 24.7 Å². The summed E-state index contributed by atoms with van der Waals surface area (Å²) in [5.41, 5.74) is 10.1. The summed E-state index contributed by atoms with van der Waals surface area (Å²) in [4.78, 5) is 42.0. The van der Waals surface area contributed by atoms with Gasteiger partial charge in [0.25, 0.3) is 5.56 Å². The summed E-state index contributed by atoms with van der Waals surface area (Å²) in [5.74, 6) is -0.562. The van der Waals surface area contributed by atoms with Crippen LogP contribution in [0.5, 0.6) is 0 Å². The maximum absolute atomic E-state index is 13.5. The Morgan fingerprint density at radius 2 is 1.98 bits per heavy atom. The second-order valence-corrected chi connectivity index (χ2v) is 13.8. The first-order valence-electron chi connectivity index (χ1n) is 14.0. The standard InChI is InChI=1S/C22H25N11O11P2/c23-16-9-17(26-5-25-16)32(6-27-9)11-7-1-2-22(7)4-41-46(38,39)44-14-12(34)8(3-40-45(37)43-15(22)13(11)35)42-20(14)33-18-10(30-31-33)19(36)29-21(24)28-18/h5-8,11-15,20,34-35H,1-4H2,(H5-,23,24,25,26,28,29,31,36,38,39)/p+1/t7-,8-,11-,12-,13+,14-,15+,20-,22+/m1/s1. The Morgan fingerprint density at radius 1 is 1.15 bits per heavy atom. The minimum atomic E-state index is -5.02. The maximum Gasteiger partial charge on any atom is 0.697 e. The number of aromatic amines is 1. The van der Waals surface area contributed by atoms with E-state index in [1.54, 1.807) is 4.57 Å². The minimum Gasteiger partial charge on any atom is -0.388 e. The van der Waals surface area contributed by atoms with E-state index in [2.05, 4.69) is 35.2 Å². The molecular formula is C22H26N11O11P2+. The third-order valence-corrected chi connectivity index (χ3v) is 10.9. The van der Waals surface area contributed by atoms with Crippen LogP contribution in [-0.4, -0.2) is 103 Å². The molecule has 244 valence electrons. The summed E-state index contributed by atoms with van der Waals surface area (Å²) in [7, 11) is -7.97. The van der Waals surface area contributed by atoms with Gasteiger partial charge in [-0.2, -0.15) is 9.67 Å². The lowest BCUT2D eigenvalue weighted by Gasteiger charge is -2.47. The summed E-state index contributed by atoms with van der Waals surface area (Å²) in [6.07, 6.45) is -5.02. The van der Waals surface area contributed by atoms with Gasteiger partial charge in [0.05, 0.1) is 19.0 Å². The number of nitrogen functional groups attached to an aromatic ring is 2. The van der Waals surface area contributed by atoms with Crippen molar-refractivity contribution in [2.24, 2.45) is 11.3 Å². The Kier molecular flexibility index (Phi) is 6.79. The second-order valence-electron chi connectivity index (χ2n) is 11.5. The zero-order chi connectivity index (χ0) is 32.1. The Hall–Kier alpha value is -3.56. The second kappa shape index (κ2) is 10.5. The summed E-state index contributed by atoms with van der Waals surface area (Å²) in [5, 5.41) is 30.3. The molecule has 2 unspecified atom stereocenters. The molecule has 0 aromatic carbocycles. The number of nitrogens with one attached hydrogen (secondary N) is 1. The molecular weight excluding hydrogens is 656 g/mol. The molecule has 8 rings (SSSR count). The number of nitrogens with zero attached hydrogens (tertiary/aromatic N) is 8. The van der Waals surface area contributed by atoms with E-state index in [1.165, 1.54) is 12.7 Å². The van der Waals surface area contributed by atoms with Crippen LogP contribution in [0.3, 0.4) is 0 Å². The number of H-pyrrole nitrogens is 1. The first-order valence-corrected chi connectivity index (χ1v) is 16.5. The molecule has 4 aromatic heterocycles. The molecule has 46 heavy (non-hydrogen) atoms. The van der Waals surface area contributed by atoms with Gasteiger partial charge in [0.2, 0.25) is 5.95 Å². The third kappa shape index (κ3) is 4.41. The molecule has 2 saturated carbocycles. The average Bonchev–Trinajstić information content (AvgIpc) is 3.72. The van der Waals surface area contributed by atoms with Crippen LogP contribution in [0.1, 0.15) is 25.1 Å². The number of hydrogen-bond acceptors (Lipinski definition) is 18. The average molecular weight is 682 g/mol. The van der Waals surface area contributed by atoms with Crippen LogP contribution in [0.2, 0.25) is 0 Å². The van der Waals surface area contributed by atoms with E-state index in [0.29, 0.717) is 24.0 Å². The van der Waals surface area contributed by atoms with Crippen molar-refractivity contribution in [3.05, 3.63) is 23.0 Å². The van der Waals surface area contributed by atoms with Gasteiger partial charge in [0.1, 0.15) is 42.9 Å². The first kappa shape index (κ1) is 29.8. The van der Waals surface area contributed by atoms with Gasteiger partial charge >= 0.3 is 16.1 Å². The third-order valence-electron chi connectivity index (χ3n) is 9.21. The number of imidazole rings is 1. The van der Waals surface area contributed by atoms with Gasteiger partial charge in [-0.05, 0) is 18.8 Å².